The van der Waals surface area contributed by atoms with E-state index in [-0.39, 0.29) is 19.1 Å². The first-order chi connectivity index (χ1) is 43.5. The van der Waals surface area contributed by atoms with Gasteiger partial charge in [-0.15, -0.1) is 0 Å². The van der Waals surface area contributed by atoms with Crippen molar-refractivity contribution in [2.24, 2.45) is 0 Å². The third-order valence-electron chi connectivity index (χ3n) is 17.0. The third-order valence-corrected chi connectivity index (χ3v) is 18.0. The summed E-state index contributed by atoms with van der Waals surface area (Å²) in [5, 5.41) is 14.0. The third kappa shape index (κ3) is 72.7. The first-order valence-corrected chi connectivity index (χ1v) is 39.6. The number of unbranched alkanes of at least 4 members (excludes halogenated alkanes) is 43. The minimum absolute atomic E-state index is 0.0527. The molecule has 518 valence electrons. The van der Waals surface area contributed by atoms with E-state index in [0.717, 1.165) is 77.0 Å². The molecular weight excluding hydrogens is 1120 g/mol. The highest BCUT2D eigenvalue weighted by Crippen LogP contribution is 2.43. The van der Waals surface area contributed by atoms with Crippen LogP contribution in [-0.2, 0) is 18.4 Å². The fraction of sp³-hybridized carbons (Fsp3) is 0.787. The molecule has 0 bridgehead atoms. The maximum Gasteiger partial charge on any atom is 0.472 e. The van der Waals surface area contributed by atoms with Crippen molar-refractivity contribution in [2.75, 3.05) is 40.9 Å². The van der Waals surface area contributed by atoms with E-state index < -0.39 is 20.0 Å². The lowest BCUT2D eigenvalue weighted by molar-refractivity contribution is -0.870. The zero-order chi connectivity index (χ0) is 64.8. The van der Waals surface area contributed by atoms with Crippen molar-refractivity contribution in [2.45, 2.75) is 366 Å². The number of phosphoric acid groups is 1. The molecule has 0 saturated carbocycles. The second-order valence-electron chi connectivity index (χ2n) is 27.0. The molecule has 0 radical (unpaired) electrons. The summed E-state index contributed by atoms with van der Waals surface area (Å²) in [5.74, 6) is -0.186. The van der Waals surface area contributed by atoms with Gasteiger partial charge in [0.25, 0.3) is 0 Å². The van der Waals surface area contributed by atoms with Crippen LogP contribution in [0.3, 0.4) is 0 Å². The minimum Gasteiger partial charge on any atom is -0.387 e. The summed E-state index contributed by atoms with van der Waals surface area (Å²) < 4.78 is 23.8. The number of aliphatic hydroxyl groups excluding tert-OH is 1. The Labute approximate surface area is 553 Å². The molecule has 0 spiro atoms. The Kier molecular flexibility index (Phi) is 67.7. The zero-order valence-electron chi connectivity index (χ0n) is 59.4. The first kappa shape index (κ1) is 86.4. The van der Waals surface area contributed by atoms with Gasteiger partial charge in [-0.25, -0.2) is 4.57 Å². The Morgan fingerprint density at radius 3 is 1.03 bits per heavy atom. The van der Waals surface area contributed by atoms with Gasteiger partial charge in [0, 0.05) is 6.42 Å². The summed E-state index contributed by atoms with van der Waals surface area (Å²) in [6.45, 7) is 4.71. The number of quaternary nitrogens is 1. The molecule has 8 nitrogen and oxygen atoms in total. The Balaban J connectivity index is 3.99. The molecular formula is C80H148N2O6P+. The molecule has 0 fully saturated rings. The van der Waals surface area contributed by atoms with E-state index in [2.05, 4.69) is 104 Å². The van der Waals surface area contributed by atoms with Gasteiger partial charge in [-0.1, -0.05) is 355 Å². The van der Waals surface area contributed by atoms with E-state index >= 15 is 0 Å². The van der Waals surface area contributed by atoms with Gasteiger partial charge in [-0.05, 0) is 89.9 Å². The van der Waals surface area contributed by atoms with Crippen molar-refractivity contribution in [3.63, 3.8) is 0 Å². The smallest absolute Gasteiger partial charge is 0.387 e. The first-order valence-electron chi connectivity index (χ1n) is 38.1. The quantitative estimate of drug-likeness (QED) is 0.0243. The number of allylic oxidation sites excluding steroid dienone is 15. The largest absolute Gasteiger partial charge is 0.472 e. The van der Waals surface area contributed by atoms with Crippen LogP contribution in [0.2, 0.25) is 0 Å². The Morgan fingerprint density at radius 1 is 0.393 bits per heavy atom. The summed E-state index contributed by atoms with van der Waals surface area (Å²) in [7, 11) is 1.55. The predicted molar refractivity (Wildman–Crippen MR) is 392 cm³/mol. The number of likely N-dealkylation sites (N-methyl/N-ethyl adjacent to an activating group) is 1. The summed E-state index contributed by atoms with van der Waals surface area (Å²) in [5.41, 5.74) is 0. The Bertz CT molecular complexity index is 1780. The van der Waals surface area contributed by atoms with Gasteiger partial charge >= 0.3 is 7.82 Å². The van der Waals surface area contributed by atoms with Gasteiger partial charge in [0.15, 0.2) is 0 Å². The monoisotopic (exact) mass is 1260 g/mol. The lowest BCUT2D eigenvalue weighted by Gasteiger charge is -2.25. The highest BCUT2D eigenvalue weighted by Gasteiger charge is 2.28. The topological polar surface area (TPSA) is 105 Å². The van der Waals surface area contributed by atoms with E-state index in [0.29, 0.717) is 17.4 Å². The van der Waals surface area contributed by atoms with Gasteiger partial charge in [0.05, 0.1) is 39.9 Å². The number of phosphoric ester groups is 1. The van der Waals surface area contributed by atoms with E-state index in [1.807, 2.05) is 27.2 Å². The van der Waals surface area contributed by atoms with Crippen molar-refractivity contribution in [1.29, 1.82) is 0 Å². The van der Waals surface area contributed by atoms with Crippen LogP contribution in [0.25, 0.3) is 0 Å². The lowest BCUT2D eigenvalue weighted by Crippen LogP contribution is -2.45. The molecule has 0 aromatic heterocycles. The Morgan fingerprint density at radius 2 is 0.685 bits per heavy atom. The van der Waals surface area contributed by atoms with Crippen molar-refractivity contribution in [3.05, 3.63) is 97.2 Å². The number of carbonyl (C=O) groups excluding carboxylic acids is 1. The fourth-order valence-electron chi connectivity index (χ4n) is 11.2. The zero-order valence-corrected chi connectivity index (χ0v) is 60.3. The molecule has 0 rings (SSSR count). The maximum absolute atomic E-state index is 13.1. The lowest BCUT2D eigenvalue weighted by atomic mass is 10.0. The summed E-state index contributed by atoms with van der Waals surface area (Å²) >= 11 is 0. The number of hydrogen-bond donors (Lipinski definition) is 3. The molecule has 0 aromatic carbocycles. The van der Waals surface area contributed by atoms with E-state index in [1.165, 1.54) is 257 Å². The Hall–Kier alpha value is -2.58. The number of aliphatic hydroxyl groups is 1. The van der Waals surface area contributed by atoms with Crippen molar-refractivity contribution in [1.82, 2.24) is 5.32 Å². The number of hydrogen-bond acceptors (Lipinski definition) is 5. The summed E-state index contributed by atoms with van der Waals surface area (Å²) in [6, 6.07) is -0.874. The van der Waals surface area contributed by atoms with Gasteiger partial charge in [-0.2, -0.15) is 0 Å². The van der Waals surface area contributed by atoms with Crippen LogP contribution >= 0.6 is 7.82 Å². The van der Waals surface area contributed by atoms with E-state index in [9.17, 15) is 19.4 Å². The van der Waals surface area contributed by atoms with Gasteiger partial charge in [0.2, 0.25) is 5.91 Å². The van der Waals surface area contributed by atoms with Crippen LogP contribution in [0, 0.1) is 0 Å². The molecule has 0 heterocycles. The molecule has 9 heteroatoms. The SMILES string of the molecule is CC/C=C\C/C=C\C/C=C\C/C=C\C/C=C\CCCCCCCCCCCCCCCCCCCCCCCCCCCC(=O)NC(COP(=O)(O)OCC[N+](C)(C)C)C(O)/C=C/CC/C=C/CC/C=C/CCCCCCCCCCCCCCCCCC. The molecule has 1 amide bonds. The number of nitrogens with one attached hydrogen (secondary N) is 1. The molecule has 89 heavy (non-hydrogen) atoms. The average molecular weight is 1270 g/mol. The minimum atomic E-state index is -4.37. The molecule has 3 N–H and O–H groups in total. The fourth-order valence-corrected chi connectivity index (χ4v) is 11.9. The van der Waals surface area contributed by atoms with E-state index in [1.54, 1.807) is 6.08 Å². The second kappa shape index (κ2) is 69.8. The second-order valence-corrected chi connectivity index (χ2v) is 28.4. The van der Waals surface area contributed by atoms with Gasteiger partial charge in [0.1, 0.15) is 13.2 Å². The van der Waals surface area contributed by atoms with Crippen molar-refractivity contribution < 1.29 is 32.9 Å². The molecule has 0 aliphatic heterocycles. The highest BCUT2D eigenvalue weighted by atomic mass is 31.2. The summed E-state index contributed by atoms with van der Waals surface area (Å²) in [6.07, 6.45) is 102. The normalized spacial score (nSPS) is 14.1. The highest BCUT2D eigenvalue weighted by molar-refractivity contribution is 7.47. The van der Waals surface area contributed by atoms with Gasteiger partial charge < -0.3 is 19.8 Å². The molecule has 0 saturated heterocycles. The summed E-state index contributed by atoms with van der Waals surface area (Å²) in [4.78, 5) is 23.4. The van der Waals surface area contributed by atoms with Crippen molar-refractivity contribution >= 4 is 13.7 Å². The van der Waals surface area contributed by atoms with Crippen molar-refractivity contribution in [3.8, 4) is 0 Å². The number of carbonyl (C=O) groups is 1. The average Bonchev–Trinajstić information content (AvgIpc) is 3.61. The standard InChI is InChI=1S/C80H147N2O6P/c1-6-8-10-12-14-16-18-20-22-24-26-28-30-32-34-35-36-37-38-39-40-41-42-43-44-45-46-47-48-50-52-54-56-58-60-62-64-66-68-70-72-74-80(84)81-78(77-88-89(85,86)87-76-75-82(3,4)5)79(83)73-71-69-67-65-63-61-59-57-55-53-51-49-33-31-29-27-25-23-21-19-17-15-13-11-9-7-2/h8,10,14,16,20,22,26,28,32,34,55,57,63,65,71,73,78-79,83H,6-7,9,11-13,15,17-19,21,23-25,27,29-31,33,35-54,56,58-62,64,66-70,72,74-77H2,1-5H3,(H-,81,84,85,86)/p+1/b10-8-,16-14-,22-20-,28-26-,34-32-,57-55+,65-63+,73-71+. The molecule has 3 atom stereocenters. The maximum atomic E-state index is 13.1. The molecule has 3 unspecified atom stereocenters. The predicted octanol–water partition coefficient (Wildman–Crippen LogP) is 24.8. The molecule has 0 aromatic rings. The van der Waals surface area contributed by atoms with Crippen LogP contribution in [0.4, 0.5) is 0 Å². The number of nitrogens with zero attached hydrogens (tertiary/aromatic N) is 1. The number of rotatable bonds is 70. The molecule has 0 aliphatic carbocycles. The number of amides is 1. The van der Waals surface area contributed by atoms with Crippen LogP contribution in [0.15, 0.2) is 97.2 Å². The molecule has 0 aliphatic rings. The van der Waals surface area contributed by atoms with Crippen LogP contribution < -0.4 is 5.32 Å². The van der Waals surface area contributed by atoms with E-state index in [4.69, 9.17) is 9.05 Å². The van der Waals surface area contributed by atoms with Gasteiger partial charge in [-0.3, -0.25) is 13.8 Å². The van der Waals surface area contributed by atoms with Crippen LogP contribution in [0.1, 0.15) is 354 Å². The van der Waals surface area contributed by atoms with Crippen LogP contribution in [-0.4, -0.2) is 73.4 Å². The van der Waals surface area contributed by atoms with Crippen LogP contribution in [0.5, 0.6) is 0 Å².